The number of nitrogens with zero attached hydrogens (tertiary/aromatic N) is 1. The average Bonchev–Trinajstić information content (AvgIpc) is 2.69. The van der Waals surface area contributed by atoms with Gasteiger partial charge in [0.25, 0.3) is 5.91 Å². The first kappa shape index (κ1) is 13.7. The van der Waals surface area contributed by atoms with E-state index in [1.807, 2.05) is 19.1 Å². The Labute approximate surface area is 115 Å². The van der Waals surface area contributed by atoms with Gasteiger partial charge in [-0.2, -0.15) is 0 Å². The van der Waals surface area contributed by atoms with Gasteiger partial charge in [0.05, 0.1) is 11.4 Å². The summed E-state index contributed by atoms with van der Waals surface area (Å²) in [5.41, 5.74) is 8.49. The molecule has 0 spiro atoms. The highest BCUT2D eigenvalue weighted by Gasteiger charge is 2.27. The largest absolute Gasteiger partial charge is 0.397 e. The summed E-state index contributed by atoms with van der Waals surface area (Å²) in [4.78, 5) is 14.2. The topological polar surface area (TPSA) is 58.4 Å². The number of rotatable bonds is 3. The monoisotopic (exact) mass is 261 g/mol. The minimum Gasteiger partial charge on any atom is -0.397 e. The van der Waals surface area contributed by atoms with Gasteiger partial charge in [0.15, 0.2) is 0 Å². The van der Waals surface area contributed by atoms with Gasteiger partial charge in [-0.1, -0.05) is 6.92 Å². The van der Waals surface area contributed by atoms with Gasteiger partial charge in [-0.05, 0) is 44.4 Å². The van der Waals surface area contributed by atoms with Crippen molar-refractivity contribution >= 4 is 17.3 Å². The predicted molar refractivity (Wildman–Crippen MR) is 79.5 cm³/mol. The number of carbonyl (C=O) groups excluding carboxylic acids is 1. The van der Waals surface area contributed by atoms with Gasteiger partial charge in [-0.3, -0.25) is 4.79 Å². The summed E-state index contributed by atoms with van der Waals surface area (Å²) in [6.07, 6.45) is 1.17. The molecule has 4 heteroatoms. The van der Waals surface area contributed by atoms with Crippen LogP contribution in [0.4, 0.5) is 11.4 Å². The molecule has 1 heterocycles. The zero-order chi connectivity index (χ0) is 14.0. The van der Waals surface area contributed by atoms with E-state index >= 15 is 0 Å². The molecule has 1 aromatic rings. The zero-order valence-electron chi connectivity index (χ0n) is 11.9. The number of hydrogen-bond acceptors (Lipinski definition) is 3. The summed E-state index contributed by atoms with van der Waals surface area (Å²) in [7, 11) is 0. The maximum absolute atomic E-state index is 11.9. The standard InChI is InChI=1S/C15H23N3O/c1-4-17-15(19)12-5-6-13(16)14(8-12)18-9-10(2)7-11(18)3/h5-6,8,10-11H,4,7,9,16H2,1-3H3,(H,17,19). The Kier molecular flexibility index (Phi) is 3.98. The van der Waals surface area contributed by atoms with Crippen LogP contribution < -0.4 is 16.0 Å². The van der Waals surface area contributed by atoms with Gasteiger partial charge >= 0.3 is 0 Å². The lowest BCUT2D eigenvalue weighted by Gasteiger charge is -2.26. The van der Waals surface area contributed by atoms with Crippen LogP contribution in [0.1, 0.15) is 37.6 Å². The fraction of sp³-hybridized carbons (Fsp3) is 0.533. The van der Waals surface area contributed by atoms with Crippen molar-refractivity contribution in [1.29, 1.82) is 0 Å². The second-order valence-electron chi connectivity index (χ2n) is 5.48. The van der Waals surface area contributed by atoms with E-state index in [1.54, 1.807) is 6.07 Å². The summed E-state index contributed by atoms with van der Waals surface area (Å²) in [5.74, 6) is 0.631. The van der Waals surface area contributed by atoms with Gasteiger partial charge in [0, 0.05) is 24.7 Å². The van der Waals surface area contributed by atoms with Gasteiger partial charge < -0.3 is 16.0 Å². The number of anilines is 2. The van der Waals surface area contributed by atoms with Crippen LogP contribution in [0.3, 0.4) is 0 Å². The van der Waals surface area contributed by atoms with E-state index in [-0.39, 0.29) is 5.91 Å². The molecule has 2 unspecified atom stereocenters. The van der Waals surface area contributed by atoms with Crippen LogP contribution in [0.5, 0.6) is 0 Å². The molecule has 104 valence electrons. The van der Waals surface area contributed by atoms with Gasteiger partial charge in [0.1, 0.15) is 0 Å². The van der Waals surface area contributed by atoms with Crippen molar-refractivity contribution in [2.24, 2.45) is 5.92 Å². The predicted octanol–water partition coefficient (Wildman–Crippen LogP) is 2.25. The number of nitrogens with two attached hydrogens (primary N) is 1. The van der Waals surface area contributed by atoms with E-state index in [2.05, 4.69) is 24.1 Å². The van der Waals surface area contributed by atoms with Crippen LogP contribution in [0.2, 0.25) is 0 Å². The van der Waals surface area contributed by atoms with Crippen LogP contribution in [-0.4, -0.2) is 25.0 Å². The average molecular weight is 261 g/mol. The van der Waals surface area contributed by atoms with E-state index < -0.39 is 0 Å². The maximum Gasteiger partial charge on any atom is 0.251 e. The first-order valence-corrected chi connectivity index (χ1v) is 6.97. The minimum absolute atomic E-state index is 0.0383. The SMILES string of the molecule is CCNC(=O)c1ccc(N)c(N2CC(C)CC2C)c1. The number of nitrogens with one attached hydrogen (secondary N) is 1. The summed E-state index contributed by atoms with van der Waals surface area (Å²) in [5, 5.41) is 2.82. The third-order valence-electron chi connectivity index (χ3n) is 3.72. The van der Waals surface area contributed by atoms with Crippen molar-refractivity contribution in [3.05, 3.63) is 23.8 Å². The Morgan fingerprint density at radius 3 is 2.79 bits per heavy atom. The molecule has 0 bridgehead atoms. The highest BCUT2D eigenvalue weighted by atomic mass is 16.1. The zero-order valence-corrected chi connectivity index (χ0v) is 11.9. The number of nitrogen functional groups attached to an aromatic ring is 1. The van der Waals surface area contributed by atoms with Crippen LogP contribution in [0, 0.1) is 5.92 Å². The highest BCUT2D eigenvalue weighted by molar-refractivity contribution is 5.96. The molecule has 1 saturated heterocycles. The third kappa shape index (κ3) is 2.83. The molecule has 1 fully saturated rings. The molecule has 0 radical (unpaired) electrons. The Balaban J connectivity index is 2.29. The normalized spacial score (nSPS) is 22.6. The molecule has 0 aliphatic carbocycles. The molecule has 4 nitrogen and oxygen atoms in total. The summed E-state index contributed by atoms with van der Waals surface area (Å²) in [6.45, 7) is 8.02. The molecule has 0 saturated carbocycles. The molecule has 1 aliphatic heterocycles. The summed E-state index contributed by atoms with van der Waals surface area (Å²) in [6, 6.07) is 6.00. The highest BCUT2D eigenvalue weighted by Crippen LogP contribution is 2.33. The molecular formula is C15H23N3O. The van der Waals surface area contributed by atoms with Crippen molar-refractivity contribution in [3.8, 4) is 0 Å². The smallest absolute Gasteiger partial charge is 0.251 e. The van der Waals surface area contributed by atoms with Crippen molar-refractivity contribution in [2.75, 3.05) is 23.7 Å². The van der Waals surface area contributed by atoms with E-state index in [4.69, 9.17) is 5.73 Å². The first-order valence-electron chi connectivity index (χ1n) is 6.97. The molecule has 19 heavy (non-hydrogen) atoms. The van der Waals surface area contributed by atoms with E-state index in [0.29, 0.717) is 24.1 Å². The van der Waals surface area contributed by atoms with E-state index in [9.17, 15) is 4.79 Å². The van der Waals surface area contributed by atoms with Crippen LogP contribution >= 0.6 is 0 Å². The molecule has 2 atom stereocenters. The molecular weight excluding hydrogens is 238 g/mol. The van der Waals surface area contributed by atoms with Gasteiger partial charge in [-0.15, -0.1) is 0 Å². The van der Waals surface area contributed by atoms with Gasteiger partial charge in [0.2, 0.25) is 0 Å². The Bertz CT molecular complexity index is 472. The Morgan fingerprint density at radius 2 is 2.21 bits per heavy atom. The fourth-order valence-corrected chi connectivity index (χ4v) is 2.83. The third-order valence-corrected chi connectivity index (χ3v) is 3.72. The van der Waals surface area contributed by atoms with Crippen molar-refractivity contribution < 1.29 is 4.79 Å². The minimum atomic E-state index is -0.0383. The number of hydrogen-bond donors (Lipinski definition) is 2. The van der Waals surface area contributed by atoms with Crippen LogP contribution in [0.15, 0.2) is 18.2 Å². The number of amides is 1. The van der Waals surface area contributed by atoms with Crippen LogP contribution in [-0.2, 0) is 0 Å². The maximum atomic E-state index is 11.9. The molecule has 1 amide bonds. The second-order valence-corrected chi connectivity index (χ2v) is 5.48. The quantitative estimate of drug-likeness (QED) is 0.820. The molecule has 1 aliphatic rings. The second kappa shape index (κ2) is 5.51. The van der Waals surface area contributed by atoms with Crippen LogP contribution in [0.25, 0.3) is 0 Å². The Hall–Kier alpha value is -1.71. The molecule has 2 rings (SSSR count). The fourth-order valence-electron chi connectivity index (χ4n) is 2.83. The van der Waals surface area contributed by atoms with Crippen molar-refractivity contribution in [1.82, 2.24) is 5.32 Å². The van der Waals surface area contributed by atoms with E-state index in [1.165, 1.54) is 6.42 Å². The number of carbonyl (C=O) groups is 1. The van der Waals surface area contributed by atoms with Crippen molar-refractivity contribution in [2.45, 2.75) is 33.2 Å². The number of benzene rings is 1. The van der Waals surface area contributed by atoms with Crippen molar-refractivity contribution in [3.63, 3.8) is 0 Å². The lowest BCUT2D eigenvalue weighted by atomic mass is 10.1. The Morgan fingerprint density at radius 1 is 1.47 bits per heavy atom. The lowest BCUT2D eigenvalue weighted by Crippen LogP contribution is -2.28. The van der Waals surface area contributed by atoms with E-state index in [0.717, 1.165) is 17.9 Å². The molecule has 1 aromatic carbocycles. The summed E-state index contributed by atoms with van der Waals surface area (Å²) >= 11 is 0. The summed E-state index contributed by atoms with van der Waals surface area (Å²) < 4.78 is 0. The lowest BCUT2D eigenvalue weighted by molar-refractivity contribution is 0.0956. The molecule has 0 aromatic heterocycles. The van der Waals surface area contributed by atoms with Gasteiger partial charge in [-0.25, -0.2) is 0 Å². The molecule has 3 N–H and O–H groups in total. The first-order chi connectivity index (χ1) is 9.02.